The summed E-state index contributed by atoms with van der Waals surface area (Å²) in [5, 5.41) is 10.0. The first-order valence-electron chi connectivity index (χ1n) is 12.1. The number of likely N-dealkylation sites (tertiary alicyclic amines) is 1. The second-order valence-corrected chi connectivity index (χ2v) is 9.63. The van der Waals surface area contributed by atoms with Crippen LogP contribution in [0.4, 0.5) is 4.39 Å². The first-order chi connectivity index (χ1) is 16.6. The van der Waals surface area contributed by atoms with Crippen molar-refractivity contribution in [2.45, 2.75) is 24.7 Å². The van der Waals surface area contributed by atoms with Crippen LogP contribution in [0.25, 0.3) is 0 Å². The normalized spacial score (nSPS) is 23.3. The lowest BCUT2D eigenvalue weighted by Crippen LogP contribution is -2.48. The third-order valence-corrected chi connectivity index (χ3v) is 7.33. The lowest BCUT2D eigenvalue weighted by atomic mass is 9.68. The summed E-state index contributed by atoms with van der Waals surface area (Å²) in [7, 11) is 0. The molecule has 34 heavy (non-hydrogen) atoms. The maximum atomic E-state index is 12.7. The number of aliphatic imine (C=N–C) groups is 1. The van der Waals surface area contributed by atoms with Crippen LogP contribution in [-0.2, 0) is 6.42 Å². The highest BCUT2D eigenvalue weighted by Crippen LogP contribution is 2.47. The number of rotatable bonds is 7. The van der Waals surface area contributed by atoms with Crippen LogP contribution < -0.4 is 0 Å². The Morgan fingerprint density at radius 2 is 2.00 bits per heavy atom. The van der Waals surface area contributed by atoms with Gasteiger partial charge in [0.25, 0.3) is 0 Å². The Bertz CT molecular complexity index is 1120. The largest absolute Gasteiger partial charge is 0.508 e. The standard InChI is InChI=1S/C29H32FN3O/c1-31-25(20-33-17-21(16-30)18-33)19-32-13-11-23(12-14-32)29-27(22-5-3-2-4-6-22)9-7-24-15-26(34)8-10-28(24)29/h2-6,8,10-13,15,19,21,27,29,34H,1,7,9,14,16-18,20H2/b25-19-. The average molecular weight is 458 g/mol. The molecule has 0 amide bonds. The van der Waals surface area contributed by atoms with E-state index in [2.05, 4.69) is 76.3 Å². The van der Waals surface area contributed by atoms with E-state index in [0.717, 1.165) is 38.2 Å². The van der Waals surface area contributed by atoms with Gasteiger partial charge < -0.3 is 10.0 Å². The minimum atomic E-state index is -0.243. The van der Waals surface area contributed by atoms with Crippen molar-refractivity contribution < 1.29 is 9.50 Å². The number of nitrogens with zero attached hydrogens (tertiary/aromatic N) is 3. The number of hydrogen-bond acceptors (Lipinski definition) is 4. The molecule has 2 atom stereocenters. The number of phenols is 1. The van der Waals surface area contributed by atoms with Crippen molar-refractivity contribution in [2.75, 3.05) is 32.9 Å². The number of aryl methyl sites for hydroxylation is 1. The maximum Gasteiger partial charge on any atom is 0.115 e. The summed E-state index contributed by atoms with van der Waals surface area (Å²) < 4.78 is 12.7. The highest BCUT2D eigenvalue weighted by atomic mass is 19.1. The first-order valence-corrected chi connectivity index (χ1v) is 12.1. The summed E-state index contributed by atoms with van der Waals surface area (Å²) in [6.45, 7) is 6.55. The molecule has 1 N–H and O–H groups in total. The zero-order valence-electron chi connectivity index (χ0n) is 19.5. The van der Waals surface area contributed by atoms with Gasteiger partial charge in [-0.25, -0.2) is 0 Å². The van der Waals surface area contributed by atoms with Gasteiger partial charge in [0.05, 0.1) is 12.4 Å². The van der Waals surface area contributed by atoms with E-state index in [4.69, 9.17) is 0 Å². The summed E-state index contributed by atoms with van der Waals surface area (Å²) in [6, 6.07) is 16.6. The van der Waals surface area contributed by atoms with Gasteiger partial charge in [0.2, 0.25) is 0 Å². The summed E-state index contributed by atoms with van der Waals surface area (Å²) >= 11 is 0. The molecule has 0 saturated carbocycles. The second kappa shape index (κ2) is 9.98. The fourth-order valence-electron chi connectivity index (χ4n) is 5.58. The lowest BCUT2D eigenvalue weighted by molar-refractivity contribution is 0.0905. The van der Waals surface area contributed by atoms with E-state index in [1.165, 1.54) is 22.3 Å². The molecule has 1 saturated heterocycles. The highest BCUT2D eigenvalue weighted by molar-refractivity contribution is 5.49. The van der Waals surface area contributed by atoms with Crippen molar-refractivity contribution in [3.8, 4) is 5.75 Å². The van der Waals surface area contributed by atoms with E-state index in [1.54, 1.807) is 0 Å². The van der Waals surface area contributed by atoms with Crippen LogP contribution in [0.15, 0.2) is 89.3 Å². The van der Waals surface area contributed by atoms with Crippen LogP contribution >= 0.6 is 0 Å². The number of fused-ring (bicyclic) bond motifs is 1. The van der Waals surface area contributed by atoms with E-state index in [0.29, 0.717) is 18.2 Å². The van der Waals surface area contributed by atoms with E-state index in [-0.39, 0.29) is 18.5 Å². The van der Waals surface area contributed by atoms with Gasteiger partial charge in [0, 0.05) is 50.4 Å². The fourth-order valence-corrected chi connectivity index (χ4v) is 5.58. The van der Waals surface area contributed by atoms with Gasteiger partial charge in [-0.15, -0.1) is 0 Å². The van der Waals surface area contributed by atoms with Crippen molar-refractivity contribution in [1.29, 1.82) is 0 Å². The summed E-state index contributed by atoms with van der Waals surface area (Å²) in [5.74, 6) is 1.16. The molecule has 5 rings (SSSR count). The Hall–Kier alpha value is -3.18. The minimum Gasteiger partial charge on any atom is -0.508 e. The molecule has 5 heteroatoms. The van der Waals surface area contributed by atoms with Crippen LogP contribution in [0.1, 0.15) is 34.9 Å². The zero-order chi connectivity index (χ0) is 23.5. The van der Waals surface area contributed by atoms with Crippen molar-refractivity contribution >= 4 is 6.72 Å². The van der Waals surface area contributed by atoms with Crippen molar-refractivity contribution in [2.24, 2.45) is 10.9 Å². The van der Waals surface area contributed by atoms with Gasteiger partial charge in [-0.3, -0.25) is 14.3 Å². The van der Waals surface area contributed by atoms with Gasteiger partial charge in [-0.05, 0) is 65.9 Å². The molecular weight excluding hydrogens is 425 g/mol. The Labute approximate surface area is 201 Å². The number of benzene rings is 2. The third-order valence-electron chi connectivity index (χ3n) is 7.33. The molecule has 0 aromatic heterocycles. The Kier molecular flexibility index (Phi) is 6.63. The molecule has 3 aliphatic rings. The number of hydrogen-bond donors (Lipinski definition) is 1. The second-order valence-electron chi connectivity index (χ2n) is 9.63. The Morgan fingerprint density at radius 1 is 1.18 bits per heavy atom. The van der Waals surface area contributed by atoms with Crippen molar-refractivity contribution in [3.05, 3.63) is 101 Å². The van der Waals surface area contributed by atoms with E-state index >= 15 is 0 Å². The molecule has 1 fully saturated rings. The lowest BCUT2D eigenvalue weighted by Gasteiger charge is -2.38. The van der Waals surface area contributed by atoms with Gasteiger partial charge in [0.15, 0.2) is 0 Å². The van der Waals surface area contributed by atoms with Crippen molar-refractivity contribution in [3.63, 3.8) is 0 Å². The predicted molar refractivity (Wildman–Crippen MR) is 136 cm³/mol. The van der Waals surface area contributed by atoms with Crippen LogP contribution in [0.2, 0.25) is 0 Å². The minimum absolute atomic E-state index is 0.171. The van der Waals surface area contributed by atoms with Crippen LogP contribution in [-0.4, -0.2) is 54.5 Å². The number of phenolic OH excluding ortho intramolecular Hbond substituents is 1. The molecule has 0 spiro atoms. The SMILES string of the molecule is C=N/C(=C\N1C=CC(C2c3ccc(O)cc3CCC2c2ccccc2)=CC1)CN1CC(CF)C1. The maximum absolute atomic E-state index is 12.7. The van der Waals surface area contributed by atoms with Crippen LogP contribution in [0.3, 0.4) is 0 Å². The van der Waals surface area contributed by atoms with Gasteiger partial charge in [-0.2, -0.15) is 0 Å². The molecule has 2 aromatic rings. The Morgan fingerprint density at radius 3 is 2.71 bits per heavy atom. The third kappa shape index (κ3) is 4.71. The number of alkyl halides is 1. The highest BCUT2D eigenvalue weighted by Gasteiger charge is 2.33. The number of allylic oxidation sites excluding steroid dienone is 2. The summed E-state index contributed by atoms with van der Waals surface area (Å²) in [4.78, 5) is 8.55. The Balaban J connectivity index is 1.36. The predicted octanol–water partition coefficient (Wildman–Crippen LogP) is 5.40. The van der Waals surface area contributed by atoms with Gasteiger partial charge in [-0.1, -0.05) is 42.5 Å². The van der Waals surface area contributed by atoms with Crippen LogP contribution in [0.5, 0.6) is 5.75 Å². The van der Waals surface area contributed by atoms with Crippen molar-refractivity contribution in [1.82, 2.24) is 9.80 Å². The molecule has 1 aliphatic carbocycles. The quantitative estimate of drug-likeness (QED) is 0.566. The number of aromatic hydroxyl groups is 1. The van der Waals surface area contributed by atoms with E-state index < -0.39 is 0 Å². The molecular formula is C29H32FN3O. The van der Waals surface area contributed by atoms with E-state index in [1.807, 2.05) is 18.3 Å². The topological polar surface area (TPSA) is 39.1 Å². The molecule has 176 valence electrons. The number of halogens is 1. The molecule has 2 aliphatic heterocycles. The molecule has 2 unspecified atom stereocenters. The smallest absolute Gasteiger partial charge is 0.115 e. The molecule has 2 heterocycles. The fraction of sp³-hybridized carbons (Fsp3) is 0.345. The summed E-state index contributed by atoms with van der Waals surface area (Å²) in [6.07, 6.45) is 10.7. The van der Waals surface area contributed by atoms with Crippen LogP contribution in [0, 0.1) is 5.92 Å². The zero-order valence-corrected chi connectivity index (χ0v) is 19.5. The molecule has 0 radical (unpaired) electrons. The molecule has 4 nitrogen and oxygen atoms in total. The molecule has 2 aromatic carbocycles. The van der Waals surface area contributed by atoms with E-state index in [9.17, 15) is 9.50 Å². The summed E-state index contributed by atoms with van der Waals surface area (Å²) in [5.41, 5.74) is 6.13. The first kappa shape index (κ1) is 22.6. The molecule has 0 bridgehead atoms. The van der Waals surface area contributed by atoms with Gasteiger partial charge >= 0.3 is 0 Å². The monoisotopic (exact) mass is 457 g/mol. The van der Waals surface area contributed by atoms with Gasteiger partial charge in [0.1, 0.15) is 5.75 Å². The average Bonchev–Trinajstić information content (AvgIpc) is 2.85.